The molecule has 16 heavy (non-hydrogen) atoms. The van der Waals surface area contributed by atoms with Crippen molar-refractivity contribution in [3.8, 4) is 0 Å². The Bertz CT molecular complexity index is 206. The number of ether oxygens (including phenoxy) is 1. The Balaban J connectivity index is 2.46. The lowest BCUT2D eigenvalue weighted by molar-refractivity contribution is -0.150. The normalized spacial score (nSPS) is 27.9. The summed E-state index contributed by atoms with van der Waals surface area (Å²) in [7, 11) is 0. The van der Waals surface area contributed by atoms with Gasteiger partial charge in [-0.25, -0.2) is 0 Å². The molecular formula is C13H27NO2. The molecule has 0 bridgehead atoms. The molecule has 0 spiro atoms. The molecule has 0 aromatic carbocycles. The molecule has 0 radical (unpaired) electrons. The SMILES string of the molecule is CCCC(C)CN1CC(CO)OC(C)(C)C1. The first kappa shape index (κ1) is 13.9. The largest absolute Gasteiger partial charge is 0.394 e. The highest BCUT2D eigenvalue weighted by molar-refractivity contribution is 4.84. The summed E-state index contributed by atoms with van der Waals surface area (Å²) in [5.41, 5.74) is -0.127. The molecule has 2 unspecified atom stereocenters. The molecule has 1 N–H and O–H groups in total. The van der Waals surface area contributed by atoms with Crippen LogP contribution in [-0.2, 0) is 4.74 Å². The topological polar surface area (TPSA) is 32.7 Å². The summed E-state index contributed by atoms with van der Waals surface area (Å²) < 4.78 is 5.80. The molecule has 3 nitrogen and oxygen atoms in total. The van der Waals surface area contributed by atoms with Crippen molar-refractivity contribution >= 4 is 0 Å². The van der Waals surface area contributed by atoms with Gasteiger partial charge in [0, 0.05) is 19.6 Å². The molecule has 1 fully saturated rings. The van der Waals surface area contributed by atoms with Crippen LogP contribution in [0, 0.1) is 5.92 Å². The Labute approximate surface area is 99.8 Å². The molecular weight excluding hydrogens is 202 g/mol. The van der Waals surface area contributed by atoms with E-state index in [1.54, 1.807) is 0 Å². The monoisotopic (exact) mass is 229 g/mol. The fourth-order valence-electron chi connectivity index (χ4n) is 2.68. The second kappa shape index (κ2) is 5.99. The van der Waals surface area contributed by atoms with E-state index in [-0.39, 0.29) is 18.3 Å². The van der Waals surface area contributed by atoms with Crippen molar-refractivity contribution in [3.05, 3.63) is 0 Å². The molecule has 0 aliphatic carbocycles. The van der Waals surface area contributed by atoms with E-state index in [2.05, 4.69) is 32.6 Å². The zero-order valence-corrected chi connectivity index (χ0v) is 11.2. The highest BCUT2D eigenvalue weighted by Crippen LogP contribution is 2.22. The second-order valence-electron chi connectivity index (χ2n) is 5.77. The Morgan fingerprint density at radius 1 is 1.50 bits per heavy atom. The molecule has 3 heteroatoms. The molecule has 0 aromatic heterocycles. The average Bonchev–Trinajstić information content (AvgIpc) is 2.15. The number of hydrogen-bond acceptors (Lipinski definition) is 3. The first-order valence-electron chi connectivity index (χ1n) is 6.48. The van der Waals surface area contributed by atoms with Gasteiger partial charge in [-0.15, -0.1) is 0 Å². The van der Waals surface area contributed by atoms with Gasteiger partial charge in [0.25, 0.3) is 0 Å². The van der Waals surface area contributed by atoms with Gasteiger partial charge in [0.1, 0.15) is 0 Å². The molecule has 1 aliphatic rings. The van der Waals surface area contributed by atoms with Crippen molar-refractivity contribution in [2.75, 3.05) is 26.2 Å². The Morgan fingerprint density at radius 2 is 2.19 bits per heavy atom. The van der Waals surface area contributed by atoms with E-state index >= 15 is 0 Å². The van der Waals surface area contributed by atoms with Crippen molar-refractivity contribution in [1.29, 1.82) is 0 Å². The van der Waals surface area contributed by atoms with Crippen LogP contribution < -0.4 is 0 Å². The van der Waals surface area contributed by atoms with E-state index in [0.717, 1.165) is 25.6 Å². The molecule has 1 heterocycles. The zero-order valence-electron chi connectivity index (χ0n) is 11.2. The summed E-state index contributed by atoms with van der Waals surface area (Å²) >= 11 is 0. The van der Waals surface area contributed by atoms with Crippen LogP contribution in [0.15, 0.2) is 0 Å². The van der Waals surface area contributed by atoms with Crippen LogP contribution in [0.25, 0.3) is 0 Å². The fraction of sp³-hybridized carbons (Fsp3) is 1.00. The Hall–Kier alpha value is -0.120. The van der Waals surface area contributed by atoms with E-state index in [1.165, 1.54) is 12.8 Å². The van der Waals surface area contributed by atoms with Gasteiger partial charge in [0.2, 0.25) is 0 Å². The lowest BCUT2D eigenvalue weighted by Crippen LogP contribution is -2.54. The Morgan fingerprint density at radius 3 is 2.75 bits per heavy atom. The molecule has 0 aromatic rings. The third-order valence-corrected chi connectivity index (χ3v) is 3.11. The number of hydrogen-bond donors (Lipinski definition) is 1. The van der Waals surface area contributed by atoms with Gasteiger partial charge in [-0.3, -0.25) is 4.90 Å². The zero-order chi connectivity index (χ0) is 12.2. The third kappa shape index (κ3) is 4.40. The van der Waals surface area contributed by atoms with E-state index < -0.39 is 0 Å². The highest BCUT2D eigenvalue weighted by Gasteiger charge is 2.33. The van der Waals surface area contributed by atoms with Crippen molar-refractivity contribution < 1.29 is 9.84 Å². The number of aliphatic hydroxyl groups is 1. The van der Waals surface area contributed by atoms with Crippen LogP contribution >= 0.6 is 0 Å². The van der Waals surface area contributed by atoms with Crippen LogP contribution in [0.3, 0.4) is 0 Å². The predicted octanol–water partition coefficient (Wildman–Crippen LogP) is 1.89. The maximum absolute atomic E-state index is 9.23. The summed E-state index contributed by atoms with van der Waals surface area (Å²) in [5.74, 6) is 0.734. The van der Waals surface area contributed by atoms with Crippen molar-refractivity contribution in [2.24, 2.45) is 5.92 Å². The average molecular weight is 229 g/mol. The van der Waals surface area contributed by atoms with Crippen molar-refractivity contribution in [3.63, 3.8) is 0 Å². The van der Waals surface area contributed by atoms with Gasteiger partial charge in [0.15, 0.2) is 0 Å². The lowest BCUT2D eigenvalue weighted by atomic mass is 10.0. The third-order valence-electron chi connectivity index (χ3n) is 3.11. The summed E-state index contributed by atoms with van der Waals surface area (Å²) in [4.78, 5) is 2.44. The molecule has 1 rings (SSSR count). The fourth-order valence-corrected chi connectivity index (χ4v) is 2.68. The summed E-state index contributed by atoms with van der Waals surface area (Å²) in [5, 5.41) is 9.23. The lowest BCUT2D eigenvalue weighted by Gasteiger charge is -2.43. The van der Waals surface area contributed by atoms with Gasteiger partial charge >= 0.3 is 0 Å². The van der Waals surface area contributed by atoms with Gasteiger partial charge in [-0.1, -0.05) is 20.3 Å². The molecule has 1 aliphatic heterocycles. The smallest absolute Gasteiger partial charge is 0.0940 e. The minimum Gasteiger partial charge on any atom is -0.394 e. The maximum Gasteiger partial charge on any atom is 0.0940 e. The van der Waals surface area contributed by atoms with Gasteiger partial charge in [0.05, 0.1) is 18.3 Å². The minimum atomic E-state index is -0.127. The first-order valence-corrected chi connectivity index (χ1v) is 6.48. The number of morpholine rings is 1. The molecule has 0 amide bonds. The van der Waals surface area contributed by atoms with E-state index in [4.69, 9.17) is 4.74 Å². The molecule has 2 atom stereocenters. The molecule has 0 saturated carbocycles. The molecule has 96 valence electrons. The number of aliphatic hydroxyl groups excluding tert-OH is 1. The van der Waals surface area contributed by atoms with E-state index in [0.29, 0.717) is 0 Å². The van der Waals surface area contributed by atoms with E-state index in [9.17, 15) is 5.11 Å². The first-order chi connectivity index (χ1) is 7.46. The predicted molar refractivity (Wildman–Crippen MR) is 66.5 cm³/mol. The number of nitrogens with zero attached hydrogens (tertiary/aromatic N) is 1. The Kier molecular flexibility index (Phi) is 5.22. The van der Waals surface area contributed by atoms with Crippen LogP contribution in [-0.4, -0.2) is 48.0 Å². The molecule has 1 saturated heterocycles. The van der Waals surface area contributed by atoms with Crippen LogP contribution in [0.2, 0.25) is 0 Å². The van der Waals surface area contributed by atoms with Crippen LogP contribution in [0.5, 0.6) is 0 Å². The van der Waals surface area contributed by atoms with Crippen LogP contribution in [0.1, 0.15) is 40.5 Å². The maximum atomic E-state index is 9.23. The highest BCUT2D eigenvalue weighted by atomic mass is 16.5. The van der Waals surface area contributed by atoms with Crippen molar-refractivity contribution in [1.82, 2.24) is 4.90 Å². The number of rotatable bonds is 5. The second-order valence-corrected chi connectivity index (χ2v) is 5.77. The van der Waals surface area contributed by atoms with Gasteiger partial charge in [-0.2, -0.15) is 0 Å². The van der Waals surface area contributed by atoms with Gasteiger partial charge < -0.3 is 9.84 Å². The quantitative estimate of drug-likeness (QED) is 0.781. The summed E-state index contributed by atoms with van der Waals surface area (Å²) in [6.07, 6.45) is 2.51. The van der Waals surface area contributed by atoms with Gasteiger partial charge in [-0.05, 0) is 26.2 Å². The standard InChI is InChI=1S/C13H27NO2/c1-5-6-11(2)7-14-8-12(9-15)16-13(3,4)10-14/h11-12,15H,5-10H2,1-4H3. The summed E-state index contributed by atoms with van der Waals surface area (Å²) in [6, 6.07) is 0. The minimum absolute atomic E-state index is 0.0161. The van der Waals surface area contributed by atoms with Crippen molar-refractivity contribution in [2.45, 2.75) is 52.2 Å². The van der Waals surface area contributed by atoms with E-state index in [1.807, 2.05) is 0 Å². The summed E-state index contributed by atoms with van der Waals surface area (Å²) in [6.45, 7) is 11.8. The van der Waals surface area contributed by atoms with Crippen LogP contribution in [0.4, 0.5) is 0 Å².